The molecule has 1 aromatic heterocycles. The monoisotopic (exact) mass is 206 g/mol. The van der Waals surface area contributed by atoms with E-state index in [-0.39, 0.29) is 20.9 Å². The first-order valence-electron chi connectivity index (χ1n) is 2.60. The Morgan fingerprint density at radius 2 is 2.60 bits per heavy atom. The number of aliphatic carboxylic acids is 1. The van der Waals surface area contributed by atoms with Gasteiger partial charge >= 0.3 is 62.8 Å². The number of rotatable bonds is 2. The summed E-state index contributed by atoms with van der Waals surface area (Å²) < 4.78 is 0.559. The van der Waals surface area contributed by atoms with Gasteiger partial charge in [0.1, 0.15) is 0 Å². The molecule has 0 amide bonds. The summed E-state index contributed by atoms with van der Waals surface area (Å²) in [6, 6.07) is 0. The van der Waals surface area contributed by atoms with Crippen LogP contribution in [-0.2, 0) is 11.2 Å². The molecule has 0 atom stereocenters. The van der Waals surface area contributed by atoms with Crippen molar-refractivity contribution < 1.29 is 9.90 Å². The minimum atomic E-state index is -0.861. The van der Waals surface area contributed by atoms with E-state index in [0.29, 0.717) is 10.4 Å². The molecule has 0 aliphatic carbocycles. The predicted octanol–water partition coefficient (Wildman–Crippen LogP) is -0.652. The number of hydrogen-bond donors (Lipinski definition) is 2. The van der Waals surface area contributed by atoms with Crippen molar-refractivity contribution in [1.82, 2.24) is 4.98 Å². The molecule has 0 aliphatic heterocycles. The molecule has 1 rings (SSSR count). The molecule has 54 valence electrons. The van der Waals surface area contributed by atoms with Crippen molar-refractivity contribution in [3.63, 3.8) is 0 Å². The molecule has 1 heterocycles. The maximum absolute atomic E-state index is 10.1. The van der Waals surface area contributed by atoms with Crippen molar-refractivity contribution in [2.75, 3.05) is 5.73 Å². The number of nitrogens with two attached hydrogens (primary N) is 1. The van der Waals surface area contributed by atoms with E-state index in [2.05, 4.69) is 4.98 Å². The van der Waals surface area contributed by atoms with Gasteiger partial charge in [-0.2, -0.15) is 0 Å². The second-order valence-corrected chi connectivity index (χ2v) is 3.61. The molecular weight excluding hydrogens is 199 g/mol. The normalized spacial score (nSPS) is 9.60. The first kappa shape index (κ1) is 7.31. The standard InChI is InChI=1S/C5H6N2O2Se/c6-5-7-3(2-10-5)1-4(8)9/h2H,1H2,(H2,6,7)(H,8,9). The number of nitrogens with zero attached hydrogens (tertiary/aromatic N) is 1. The predicted molar refractivity (Wildman–Crippen MR) is 36.9 cm³/mol. The average molecular weight is 205 g/mol. The van der Waals surface area contributed by atoms with Gasteiger partial charge in [-0.15, -0.1) is 0 Å². The summed E-state index contributed by atoms with van der Waals surface area (Å²) in [6.07, 6.45) is -0.0115. The Balaban J connectivity index is 2.67. The topological polar surface area (TPSA) is 76.2 Å². The number of carboxylic acid groups (broad SMARTS) is 1. The second-order valence-electron chi connectivity index (χ2n) is 1.75. The molecule has 4 nitrogen and oxygen atoms in total. The average Bonchev–Trinajstić information content (AvgIpc) is 2.13. The van der Waals surface area contributed by atoms with E-state index in [9.17, 15) is 4.79 Å². The molecule has 10 heavy (non-hydrogen) atoms. The molecule has 0 saturated heterocycles. The van der Waals surface area contributed by atoms with E-state index in [1.165, 1.54) is 0 Å². The van der Waals surface area contributed by atoms with Crippen molar-refractivity contribution in [2.45, 2.75) is 6.42 Å². The van der Waals surface area contributed by atoms with E-state index in [1.807, 2.05) is 0 Å². The van der Waals surface area contributed by atoms with Crippen LogP contribution in [0.2, 0.25) is 0 Å². The first-order valence-corrected chi connectivity index (χ1v) is 4.44. The Morgan fingerprint density at radius 3 is 3.00 bits per heavy atom. The van der Waals surface area contributed by atoms with Gasteiger partial charge in [0.25, 0.3) is 0 Å². The van der Waals surface area contributed by atoms with Gasteiger partial charge in [-0.05, 0) is 0 Å². The first-order chi connectivity index (χ1) is 4.68. The van der Waals surface area contributed by atoms with Crippen molar-refractivity contribution in [2.24, 2.45) is 0 Å². The van der Waals surface area contributed by atoms with Crippen molar-refractivity contribution >= 4 is 25.2 Å². The summed E-state index contributed by atoms with van der Waals surface area (Å²) in [7, 11) is 0. The van der Waals surface area contributed by atoms with Crippen LogP contribution in [0.3, 0.4) is 0 Å². The zero-order chi connectivity index (χ0) is 7.56. The quantitative estimate of drug-likeness (QED) is 0.629. The van der Waals surface area contributed by atoms with E-state index in [1.54, 1.807) is 4.94 Å². The molecule has 5 heteroatoms. The molecule has 0 radical (unpaired) electrons. The van der Waals surface area contributed by atoms with E-state index in [4.69, 9.17) is 10.8 Å². The van der Waals surface area contributed by atoms with Crippen LogP contribution in [0.1, 0.15) is 5.69 Å². The van der Waals surface area contributed by atoms with Crippen LogP contribution in [-0.4, -0.2) is 30.6 Å². The molecule has 1 aromatic rings. The number of carbonyl (C=O) groups is 1. The third-order valence-corrected chi connectivity index (χ3v) is 2.42. The second kappa shape index (κ2) is 2.86. The van der Waals surface area contributed by atoms with Gasteiger partial charge in [0.2, 0.25) is 0 Å². The van der Waals surface area contributed by atoms with E-state index >= 15 is 0 Å². The molecule has 0 fully saturated rings. The Bertz CT molecular complexity index is 246. The van der Waals surface area contributed by atoms with Gasteiger partial charge < -0.3 is 0 Å². The fourth-order valence-corrected chi connectivity index (χ4v) is 1.74. The van der Waals surface area contributed by atoms with Crippen molar-refractivity contribution in [1.29, 1.82) is 0 Å². The van der Waals surface area contributed by atoms with Crippen LogP contribution in [0.5, 0.6) is 0 Å². The van der Waals surface area contributed by atoms with Crippen molar-refractivity contribution in [3.8, 4) is 0 Å². The third-order valence-electron chi connectivity index (χ3n) is 0.902. The Kier molecular flexibility index (Phi) is 2.09. The van der Waals surface area contributed by atoms with Crippen LogP contribution in [0.4, 0.5) is 4.69 Å². The van der Waals surface area contributed by atoms with Crippen LogP contribution in [0.25, 0.3) is 0 Å². The van der Waals surface area contributed by atoms with Gasteiger partial charge in [-0.25, -0.2) is 0 Å². The fourth-order valence-electron chi connectivity index (χ4n) is 0.559. The Hall–Kier alpha value is -0.801. The molecule has 0 spiro atoms. The van der Waals surface area contributed by atoms with Gasteiger partial charge in [-0.1, -0.05) is 0 Å². The zero-order valence-electron chi connectivity index (χ0n) is 5.07. The summed E-state index contributed by atoms with van der Waals surface area (Å²) >= 11 is 0.0881. The van der Waals surface area contributed by atoms with Crippen LogP contribution >= 0.6 is 0 Å². The van der Waals surface area contributed by atoms with Gasteiger partial charge in [0.05, 0.1) is 0 Å². The Morgan fingerprint density at radius 1 is 1.90 bits per heavy atom. The Labute approximate surface area is 63.4 Å². The molecule has 0 aromatic carbocycles. The summed E-state index contributed by atoms with van der Waals surface area (Å²) in [5, 5.41) is 8.32. The molecule has 0 aliphatic rings. The molecule has 3 N–H and O–H groups in total. The van der Waals surface area contributed by atoms with Gasteiger partial charge in [0.15, 0.2) is 0 Å². The van der Waals surface area contributed by atoms with Gasteiger partial charge in [0, 0.05) is 0 Å². The summed E-state index contributed by atoms with van der Waals surface area (Å²) in [6.45, 7) is 0. The number of hydrogen-bond acceptors (Lipinski definition) is 3. The van der Waals surface area contributed by atoms with Crippen molar-refractivity contribution in [3.05, 3.63) is 10.6 Å². The molecular formula is C5H6N2O2Se. The maximum atomic E-state index is 10.1. The number of carboxylic acids is 1. The molecule has 0 saturated carbocycles. The van der Waals surface area contributed by atoms with Crippen LogP contribution < -0.4 is 5.73 Å². The van der Waals surface area contributed by atoms with Gasteiger partial charge in [-0.3, -0.25) is 0 Å². The van der Waals surface area contributed by atoms with Crippen LogP contribution in [0.15, 0.2) is 4.94 Å². The van der Waals surface area contributed by atoms with E-state index < -0.39 is 5.97 Å². The summed E-state index contributed by atoms with van der Waals surface area (Å²) in [5.41, 5.74) is 5.92. The number of aromatic nitrogens is 1. The number of nitrogen functional groups attached to an aromatic ring is 1. The zero-order valence-corrected chi connectivity index (χ0v) is 6.79. The van der Waals surface area contributed by atoms with Crippen LogP contribution in [0, 0.1) is 0 Å². The van der Waals surface area contributed by atoms with E-state index in [0.717, 1.165) is 0 Å². The summed E-state index contributed by atoms with van der Waals surface area (Å²) in [5.74, 6) is -0.861. The fraction of sp³-hybridized carbons (Fsp3) is 0.200. The minimum absolute atomic E-state index is 0.0115. The molecule has 0 unspecified atom stereocenters. The number of anilines is 1. The summed E-state index contributed by atoms with van der Waals surface area (Å²) in [4.78, 5) is 15.7. The molecule has 0 bridgehead atoms. The third kappa shape index (κ3) is 1.86. The SMILES string of the molecule is Nc1nc(CC(=O)O)c[se]1.